The second-order valence-electron chi connectivity index (χ2n) is 7.67. The molecule has 33 heavy (non-hydrogen) atoms. The largest absolute Gasteiger partial charge is 0.493 e. The normalized spacial score (nSPS) is 15.6. The third-order valence-corrected chi connectivity index (χ3v) is 6.27. The van der Waals surface area contributed by atoms with Gasteiger partial charge in [-0.2, -0.15) is 0 Å². The lowest BCUT2D eigenvalue weighted by Gasteiger charge is -2.13. The lowest BCUT2D eigenvalue weighted by molar-refractivity contribution is -0.129. The number of aromatic nitrogens is 1. The Morgan fingerprint density at radius 1 is 1.09 bits per heavy atom. The summed E-state index contributed by atoms with van der Waals surface area (Å²) in [5.41, 5.74) is 2.69. The number of amides is 2. The lowest BCUT2D eigenvalue weighted by Crippen LogP contribution is -2.30. The van der Waals surface area contributed by atoms with Crippen LogP contribution in [0.2, 0.25) is 0 Å². The van der Waals surface area contributed by atoms with Gasteiger partial charge in [0.15, 0.2) is 11.5 Å². The topological polar surface area (TPSA) is 78.0 Å². The Bertz CT molecular complexity index is 1110. The first kappa shape index (κ1) is 22.8. The number of ether oxygens (including phenoxy) is 3. The van der Waals surface area contributed by atoms with E-state index in [0.717, 1.165) is 28.4 Å². The number of benzene rings is 2. The van der Waals surface area contributed by atoms with Crippen molar-refractivity contribution in [3.05, 3.63) is 75.7 Å². The summed E-state index contributed by atoms with van der Waals surface area (Å²) >= 11 is 1.62. The molecule has 0 bridgehead atoms. The lowest BCUT2D eigenvalue weighted by atomic mass is 10.1. The molecule has 1 unspecified atom stereocenters. The Morgan fingerprint density at radius 2 is 1.91 bits per heavy atom. The predicted molar refractivity (Wildman–Crippen MR) is 125 cm³/mol. The monoisotopic (exact) mass is 466 g/mol. The van der Waals surface area contributed by atoms with Crippen LogP contribution in [-0.4, -0.2) is 35.5 Å². The van der Waals surface area contributed by atoms with Crippen molar-refractivity contribution in [3.8, 4) is 11.5 Å². The van der Waals surface area contributed by atoms with Gasteiger partial charge in [-0.1, -0.05) is 43.3 Å². The van der Waals surface area contributed by atoms with Crippen molar-refractivity contribution in [1.82, 2.24) is 9.88 Å². The van der Waals surface area contributed by atoms with Crippen molar-refractivity contribution in [2.45, 2.75) is 38.9 Å². The molecule has 0 aliphatic carbocycles. The van der Waals surface area contributed by atoms with Gasteiger partial charge in [0, 0.05) is 23.9 Å². The maximum Gasteiger partial charge on any atom is 0.417 e. The highest BCUT2D eigenvalue weighted by atomic mass is 32.1. The van der Waals surface area contributed by atoms with E-state index in [2.05, 4.69) is 17.1 Å². The van der Waals surface area contributed by atoms with Crippen molar-refractivity contribution < 1.29 is 23.8 Å². The van der Waals surface area contributed by atoms with Gasteiger partial charge in [0.1, 0.15) is 6.61 Å². The summed E-state index contributed by atoms with van der Waals surface area (Å²) in [6.07, 6.45) is 0.934. The summed E-state index contributed by atoms with van der Waals surface area (Å²) in [5, 5.41) is 3.07. The molecular weight excluding hydrogens is 440 g/mol. The van der Waals surface area contributed by atoms with E-state index in [-0.39, 0.29) is 5.91 Å². The maximum atomic E-state index is 12.5. The highest BCUT2D eigenvalue weighted by molar-refractivity contribution is 7.09. The number of carbonyl (C=O) groups is 2. The number of nitrogens with zero attached hydrogens (tertiary/aromatic N) is 2. The molecule has 1 aromatic heterocycles. The van der Waals surface area contributed by atoms with Crippen LogP contribution in [0.15, 0.2) is 53.9 Å². The second-order valence-corrected chi connectivity index (χ2v) is 8.61. The fourth-order valence-electron chi connectivity index (χ4n) is 3.63. The standard InChI is InChI=1S/C25H26N2O5S/c1-3-13-27-24(28)23(32-25(27)29)18-10-11-20(21(14-18)30-2)31-15-19-16-33-22(26-19)12-9-17-7-5-4-6-8-17/h4-8,10-11,14,16,23H,3,9,12-13,15H2,1-2H3. The molecule has 2 aromatic carbocycles. The Hall–Kier alpha value is -3.39. The van der Waals surface area contributed by atoms with E-state index in [4.69, 9.17) is 14.2 Å². The minimum absolute atomic E-state index is 0.305. The highest BCUT2D eigenvalue weighted by Gasteiger charge is 2.41. The molecule has 0 spiro atoms. The summed E-state index contributed by atoms with van der Waals surface area (Å²) in [7, 11) is 1.53. The Labute approximate surface area is 196 Å². The van der Waals surface area contributed by atoms with Gasteiger partial charge in [-0.05, 0) is 30.5 Å². The molecule has 3 aromatic rings. The first-order chi connectivity index (χ1) is 16.1. The number of carbonyl (C=O) groups excluding carboxylic acids is 2. The number of methoxy groups -OCH3 is 1. The second kappa shape index (κ2) is 10.5. The molecule has 1 fully saturated rings. The molecule has 0 N–H and O–H groups in total. The molecule has 4 rings (SSSR count). The summed E-state index contributed by atoms with van der Waals surface area (Å²) in [6, 6.07) is 15.5. The Balaban J connectivity index is 1.38. The number of hydrogen-bond donors (Lipinski definition) is 0. The molecule has 1 aliphatic heterocycles. The van der Waals surface area contributed by atoms with E-state index in [0.29, 0.717) is 36.6 Å². The first-order valence-electron chi connectivity index (χ1n) is 10.9. The van der Waals surface area contributed by atoms with Crippen LogP contribution in [0, 0.1) is 0 Å². The molecule has 8 heteroatoms. The highest BCUT2D eigenvalue weighted by Crippen LogP contribution is 2.35. The van der Waals surface area contributed by atoms with Crippen LogP contribution in [0.4, 0.5) is 4.79 Å². The van der Waals surface area contributed by atoms with Crippen LogP contribution >= 0.6 is 11.3 Å². The SMILES string of the molecule is CCCN1C(=O)OC(c2ccc(OCc3csc(CCc4ccccc4)n3)c(OC)c2)C1=O. The zero-order valence-electron chi connectivity index (χ0n) is 18.7. The van der Waals surface area contributed by atoms with Crippen LogP contribution < -0.4 is 9.47 Å². The maximum absolute atomic E-state index is 12.5. The summed E-state index contributed by atoms with van der Waals surface area (Å²) in [6.45, 7) is 2.55. The van der Waals surface area contributed by atoms with Crippen LogP contribution in [0.5, 0.6) is 11.5 Å². The molecule has 1 aliphatic rings. The van der Waals surface area contributed by atoms with Crippen molar-refractivity contribution in [3.63, 3.8) is 0 Å². The molecular formula is C25H26N2O5S. The van der Waals surface area contributed by atoms with E-state index in [1.165, 1.54) is 12.7 Å². The molecule has 0 saturated carbocycles. The average Bonchev–Trinajstić information content (AvgIpc) is 3.41. The third-order valence-electron chi connectivity index (χ3n) is 5.31. The van der Waals surface area contributed by atoms with E-state index < -0.39 is 12.2 Å². The van der Waals surface area contributed by atoms with Crippen LogP contribution in [0.1, 0.15) is 41.3 Å². The number of imide groups is 1. The van der Waals surface area contributed by atoms with E-state index in [1.54, 1.807) is 29.5 Å². The zero-order chi connectivity index (χ0) is 23.2. The number of thiazole rings is 1. The van der Waals surface area contributed by atoms with E-state index in [1.807, 2.05) is 30.5 Å². The van der Waals surface area contributed by atoms with Crippen molar-refractivity contribution in [2.75, 3.05) is 13.7 Å². The molecule has 1 saturated heterocycles. The smallest absolute Gasteiger partial charge is 0.417 e. The van der Waals surface area contributed by atoms with Gasteiger partial charge in [-0.25, -0.2) is 14.7 Å². The van der Waals surface area contributed by atoms with Gasteiger partial charge < -0.3 is 14.2 Å². The van der Waals surface area contributed by atoms with Crippen molar-refractivity contribution in [2.24, 2.45) is 0 Å². The molecule has 0 radical (unpaired) electrons. The zero-order valence-corrected chi connectivity index (χ0v) is 19.5. The number of cyclic esters (lactones) is 1. The summed E-state index contributed by atoms with van der Waals surface area (Å²) in [4.78, 5) is 30.3. The molecule has 2 heterocycles. The summed E-state index contributed by atoms with van der Waals surface area (Å²) < 4.78 is 16.7. The first-order valence-corrected chi connectivity index (χ1v) is 11.8. The molecule has 172 valence electrons. The van der Waals surface area contributed by atoms with Crippen LogP contribution in [-0.2, 0) is 29.0 Å². The van der Waals surface area contributed by atoms with Gasteiger partial charge in [0.05, 0.1) is 17.8 Å². The number of rotatable bonds is 10. The summed E-state index contributed by atoms with van der Waals surface area (Å²) in [5.74, 6) is 0.634. The number of aryl methyl sites for hydroxylation is 2. The van der Waals surface area contributed by atoms with E-state index in [9.17, 15) is 9.59 Å². The van der Waals surface area contributed by atoms with Crippen molar-refractivity contribution >= 4 is 23.3 Å². The van der Waals surface area contributed by atoms with Gasteiger partial charge in [-0.3, -0.25) is 4.79 Å². The minimum Gasteiger partial charge on any atom is -0.493 e. The fraction of sp³-hybridized carbons (Fsp3) is 0.320. The Morgan fingerprint density at radius 3 is 2.67 bits per heavy atom. The third kappa shape index (κ3) is 5.34. The fourth-order valence-corrected chi connectivity index (χ4v) is 4.41. The van der Waals surface area contributed by atoms with Gasteiger partial charge in [-0.15, -0.1) is 11.3 Å². The van der Waals surface area contributed by atoms with Crippen LogP contribution in [0.3, 0.4) is 0 Å². The quantitative estimate of drug-likeness (QED) is 0.421. The molecule has 7 nitrogen and oxygen atoms in total. The van der Waals surface area contributed by atoms with Crippen LogP contribution in [0.25, 0.3) is 0 Å². The Kier molecular flexibility index (Phi) is 7.24. The van der Waals surface area contributed by atoms with E-state index >= 15 is 0 Å². The van der Waals surface area contributed by atoms with Crippen molar-refractivity contribution in [1.29, 1.82) is 0 Å². The average molecular weight is 467 g/mol. The predicted octanol–water partition coefficient (Wildman–Crippen LogP) is 4.95. The van der Waals surface area contributed by atoms with Gasteiger partial charge in [0.25, 0.3) is 5.91 Å². The van der Waals surface area contributed by atoms with Gasteiger partial charge >= 0.3 is 6.09 Å². The minimum atomic E-state index is -0.960. The number of hydrogen-bond acceptors (Lipinski definition) is 7. The molecule has 2 amide bonds. The van der Waals surface area contributed by atoms with Gasteiger partial charge in [0.2, 0.25) is 6.10 Å². The molecule has 1 atom stereocenters.